The first-order valence-electron chi connectivity index (χ1n) is 18.6. The van der Waals surface area contributed by atoms with Gasteiger partial charge in [-0.2, -0.15) is 39.5 Å². The molecule has 0 saturated carbocycles. The molecule has 0 aliphatic carbocycles. The van der Waals surface area contributed by atoms with Crippen molar-refractivity contribution in [1.82, 2.24) is 44.9 Å². The van der Waals surface area contributed by atoms with Crippen LogP contribution in [0.4, 0.5) is 69.7 Å². The molecular formula is C39H36F12N12. The van der Waals surface area contributed by atoms with Crippen LogP contribution in [0.15, 0.2) is 74.0 Å². The maximum Gasteiger partial charge on any atom is 0.435 e. The van der Waals surface area contributed by atoms with Gasteiger partial charge in [0.05, 0.1) is 54.2 Å². The Labute approximate surface area is 351 Å². The molecule has 0 fully saturated rings. The molecule has 24 heteroatoms. The van der Waals surface area contributed by atoms with Gasteiger partial charge >= 0.3 is 18.5 Å². The predicted molar refractivity (Wildman–Crippen MR) is 207 cm³/mol. The van der Waals surface area contributed by atoms with E-state index in [1.54, 1.807) is 4.90 Å². The number of alkyl halides is 9. The number of rotatable bonds is 11. The third-order valence-electron chi connectivity index (χ3n) is 7.96. The molecule has 0 saturated heterocycles. The molecule has 12 nitrogen and oxygen atoms in total. The second-order valence-corrected chi connectivity index (χ2v) is 13.0. The minimum Gasteiger partial charge on any atom is -0.396 e. The number of halogens is 12. The van der Waals surface area contributed by atoms with Gasteiger partial charge in [-0.25, -0.2) is 43.1 Å². The van der Waals surface area contributed by atoms with Gasteiger partial charge in [0.2, 0.25) is 0 Å². The second kappa shape index (κ2) is 21.4. The monoisotopic (exact) mass is 900 g/mol. The highest BCUT2D eigenvalue weighted by atomic mass is 19.4. The van der Waals surface area contributed by atoms with E-state index >= 15 is 0 Å². The van der Waals surface area contributed by atoms with Crippen molar-refractivity contribution in [2.24, 2.45) is 0 Å². The molecular weight excluding hydrogens is 864 g/mol. The molecule has 0 aromatic carbocycles. The minimum atomic E-state index is -4.69. The SMILES string of the molecule is CCCN(CCC)c1cnc(-c2cncc(F)c2)nc1C(F)(F)F.CCCNc1cnc(-c2cncc(F)c2)nc1C(F)(F)F.Nc1cnc(-c2cncc(F)c2)nc1C(F)(F)F. The number of pyridine rings is 3. The average molecular weight is 901 g/mol. The molecule has 6 rings (SSSR count). The van der Waals surface area contributed by atoms with E-state index in [9.17, 15) is 52.7 Å². The van der Waals surface area contributed by atoms with Gasteiger partial charge < -0.3 is 16.0 Å². The van der Waals surface area contributed by atoms with Crippen LogP contribution in [0.5, 0.6) is 0 Å². The normalized spacial score (nSPS) is 11.5. The first-order chi connectivity index (χ1) is 29.7. The molecule has 0 radical (unpaired) electrons. The Kier molecular flexibility index (Phi) is 16.6. The fourth-order valence-electron chi connectivity index (χ4n) is 5.33. The Hall–Kier alpha value is -6.75. The third-order valence-corrected chi connectivity index (χ3v) is 7.96. The number of nitrogens with two attached hydrogens (primary N) is 1. The number of nitrogens with zero attached hydrogens (tertiary/aromatic N) is 10. The van der Waals surface area contributed by atoms with Crippen molar-refractivity contribution in [3.05, 3.63) is 109 Å². The Morgan fingerprint density at radius 1 is 0.508 bits per heavy atom. The van der Waals surface area contributed by atoms with E-state index in [1.807, 2.05) is 20.8 Å². The topological polar surface area (TPSA) is 157 Å². The smallest absolute Gasteiger partial charge is 0.396 e. The lowest BCUT2D eigenvalue weighted by Gasteiger charge is -2.26. The van der Waals surface area contributed by atoms with Gasteiger partial charge in [0.15, 0.2) is 34.6 Å². The molecule has 336 valence electrons. The Balaban J connectivity index is 0.000000209. The standard InChI is InChI=1S/C16H18F4N4.C13H12F4N4.C10H6F4N4/c1-3-5-24(6-4-2)13-10-22-15(23-14(13)16(18,19)20)11-7-12(17)9-21-8-11;1-2-3-19-10-7-20-12(21-11(10)13(15,16)17)8-4-9(14)6-18-5-8;11-6-1-5(2-16-3-6)9-17-4-7(15)8(18-9)10(12,13)14/h7-10H,3-6H2,1-2H3;4-7,19H,2-3H2,1H3;1-4H,15H2. The molecule has 6 aromatic rings. The summed E-state index contributed by atoms with van der Waals surface area (Å²) in [6.45, 7) is 6.93. The predicted octanol–water partition coefficient (Wildman–Crippen LogP) is 10.1. The second-order valence-electron chi connectivity index (χ2n) is 13.0. The van der Waals surface area contributed by atoms with Crippen LogP contribution in [-0.4, -0.2) is 64.5 Å². The zero-order valence-electron chi connectivity index (χ0n) is 33.3. The highest BCUT2D eigenvalue weighted by Crippen LogP contribution is 2.37. The lowest BCUT2D eigenvalue weighted by Crippen LogP contribution is -2.28. The van der Waals surface area contributed by atoms with Crippen molar-refractivity contribution in [2.45, 2.75) is 58.6 Å². The highest BCUT2D eigenvalue weighted by Gasteiger charge is 2.39. The van der Waals surface area contributed by atoms with E-state index < -0.39 is 58.7 Å². The number of nitrogen functional groups attached to an aromatic ring is 1. The summed E-state index contributed by atoms with van der Waals surface area (Å²) in [7, 11) is 0. The number of anilines is 3. The zero-order chi connectivity index (χ0) is 46.5. The highest BCUT2D eigenvalue weighted by molar-refractivity contribution is 5.60. The zero-order valence-corrected chi connectivity index (χ0v) is 33.3. The van der Waals surface area contributed by atoms with E-state index in [-0.39, 0.29) is 45.5 Å². The first kappa shape index (κ1) is 48.9. The lowest BCUT2D eigenvalue weighted by atomic mass is 10.2. The maximum atomic E-state index is 13.5. The van der Waals surface area contributed by atoms with Gasteiger partial charge in [0, 0.05) is 54.9 Å². The van der Waals surface area contributed by atoms with Crippen LogP contribution in [-0.2, 0) is 18.5 Å². The third kappa shape index (κ3) is 13.9. The van der Waals surface area contributed by atoms with Crippen molar-refractivity contribution in [3.8, 4) is 34.2 Å². The van der Waals surface area contributed by atoms with Crippen LogP contribution >= 0.6 is 0 Å². The van der Waals surface area contributed by atoms with Crippen molar-refractivity contribution < 1.29 is 52.7 Å². The molecule has 0 aliphatic rings. The van der Waals surface area contributed by atoms with Gasteiger partial charge in [-0.1, -0.05) is 20.8 Å². The Morgan fingerprint density at radius 3 is 1.30 bits per heavy atom. The van der Waals surface area contributed by atoms with Gasteiger partial charge in [-0.15, -0.1) is 0 Å². The van der Waals surface area contributed by atoms with Gasteiger partial charge in [-0.05, 0) is 37.5 Å². The van der Waals surface area contributed by atoms with Crippen LogP contribution in [0, 0.1) is 17.5 Å². The number of hydrogen-bond acceptors (Lipinski definition) is 12. The van der Waals surface area contributed by atoms with Crippen LogP contribution in [0.2, 0.25) is 0 Å². The molecule has 6 heterocycles. The summed E-state index contributed by atoms with van der Waals surface area (Å²) in [5.41, 5.74) is 1.19. The number of hydrogen-bond donors (Lipinski definition) is 2. The molecule has 0 spiro atoms. The van der Waals surface area contributed by atoms with Crippen LogP contribution < -0.4 is 16.0 Å². The fraction of sp³-hybridized carbons (Fsp3) is 0.308. The van der Waals surface area contributed by atoms with Crippen LogP contribution in [0.25, 0.3) is 34.2 Å². The minimum absolute atomic E-state index is 0.0421. The molecule has 0 aliphatic heterocycles. The molecule has 0 unspecified atom stereocenters. The van der Waals surface area contributed by atoms with E-state index in [0.717, 1.165) is 61.6 Å². The van der Waals surface area contributed by atoms with Crippen LogP contribution in [0.3, 0.4) is 0 Å². The molecule has 63 heavy (non-hydrogen) atoms. The summed E-state index contributed by atoms with van der Waals surface area (Å²) in [4.78, 5) is 34.2. The maximum absolute atomic E-state index is 13.5. The molecule has 6 aromatic heterocycles. The molecule has 0 amide bonds. The summed E-state index contributed by atoms with van der Waals surface area (Å²) in [5, 5.41) is 2.62. The summed E-state index contributed by atoms with van der Waals surface area (Å²) >= 11 is 0. The molecule has 3 N–H and O–H groups in total. The summed E-state index contributed by atoms with van der Waals surface area (Å²) in [6.07, 6.45) is -2.43. The van der Waals surface area contributed by atoms with E-state index in [1.165, 1.54) is 12.4 Å². The number of nitrogens with one attached hydrogen (secondary N) is 1. The Bertz CT molecular complexity index is 2420. The van der Waals surface area contributed by atoms with Crippen molar-refractivity contribution >= 4 is 17.1 Å². The van der Waals surface area contributed by atoms with E-state index in [4.69, 9.17) is 5.73 Å². The summed E-state index contributed by atoms with van der Waals surface area (Å²) < 4.78 is 156. The molecule has 0 atom stereocenters. The largest absolute Gasteiger partial charge is 0.435 e. The summed E-state index contributed by atoms with van der Waals surface area (Å²) in [5.74, 6) is -2.74. The van der Waals surface area contributed by atoms with Crippen LogP contribution in [0.1, 0.15) is 57.1 Å². The lowest BCUT2D eigenvalue weighted by molar-refractivity contribution is -0.141. The van der Waals surface area contributed by atoms with Crippen molar-refractivity contribution in [1.29, 1.82) is 0 Å². The average Bonchev–Trinajstić information content (AvgIpc) is 3.22. The first-order valence-corrected chi connectivity index (χ1v) is 18.6. The molecule has 0 bridgehead atoms. The summed E-state index contributed by atoms with van der Waals surface area (Å²) in [6, 6.07) is 3.07. The number of aromatic nitrogens is 9. The fourth-order valence-corrected chi connectivity index (χ4v) is 5.33. The Morgan fingerprint density at radius 2 is 0.905 bits per heavy atom. The van der Waals surface area contributed by atoms with Crippen molar-refractivity contribution in [2.75, 3.05) is 35.6 Å². The van der Waals surface area contributed by atoms with Gasteiger partial charge in [0.1, 0.15) is 17.5 Å². The van der Waals surface area contributed by atoms with Crippen molar-refractivity contribution in [3.63, 3.8) is 0 Å². The quantitative estimate of drug-likeness (QED) is 0.119. The van der Waals surface area contributed by atoms with E-state index in [2.05, 4.69) is 50.2 Å². The van der Waals surface area contributed by atoms with E-state index in [0.29, 0.717) is 38.9 Å². The van der Waals surface area contributed by atoms with Gasteiger partial charge in [-0.3, -0.25) is 15.0 Å². The van der Waals surface area contributed by atoms with Gasteiger partial charge in [0.25, 0.3) is 0 Å².